The van der Waals surface area contributed by atoms with Gasteiger partial charge in [-0.15, -0.1) is 0 Å². The molecular weight excluding hydrogens is 241 g/mol. The highest BCUT2D eigenvalue weighted by atomic mass is 19.4. The Balaban J connectivity index is 2.91. The van der Waals surface area contributed by atoms with Crippen LogP contribution >= 0.6 is 0 Å². The Morgan fingerprint density at radius 2 is 2.00 bits per heavy atom. The van der Waals surface area contributed by atoms with E-state index < -0.39 is 17.6 Å². The van der Waals surface area contributed by atoms with Gasteiger partial charge in [0.25, 0.3) is 5.69 Å². The summed E-state index contributed by atoms with van der Waals surface area (Å²) < 4.78 is 35.8. The van der Waals surface area contributed by atoms with Crippen LogP contribution in [0.25, 0.3) is 0 Å². The van der Waals surface area contributed by atoms with Gasteiger partial charge >= 0.3 is 6.18 Å². The molecule has 6 nitrogen and oxygen atoms in total. The Labute approximate surface area is 94.0 Å². The molecule has 1 aromatic heterocycles. The number of aromatic nitrogens is 1. The zero-order chi connectivity index (χ0) is 13.1. The Morgan fingerprint density at radius 1 is 1.41 bits per heavy atom. The normalized spacial score (nSPS) is 11.1. The molecule has 0 aromatic carbocycles. The Morgan fingerprint density at radius 3 is 2.47 bits per heavy atom. The lowest BCUT2D eigenvalue weighted by molar-refractivity contribution is -0.384. The van der Waals surface area contributed by atoms with Gasteiger partial charge in [-0.3, -0.25) is 10.1 Å². The van der Waals surface area contributed by atoms with Gasteiger partial charge in [0.15, 0.2) is 0 Å². The van der Waals surface area contributed by atoms with Crippen molar-refractivity contribution in [3.05, 3.63) is 22.2 Å². The molecular formula is C8H9F3N4O2. The molecule has 1 heterocycles. The highest BCUT2D eigenvalue weighted by Crippen LogP contribution is 2.22. The molecule has 0 aliphatic heterocycles. The minimum Gasteiger partial charge on any atom is -0.373 e. The van der Waals surface area contributed by atoms with E-state index in [1.165, 1.54) is 7.05 Å². The number of rotatable bonds is 4. The molecule has 1 rings (SSSR count). The van der Waals surface area contributed by atoms with Crippen LogP contribution in [0.2, 0.25) is 0 Å². The van der Waals surface area contributed by atoms with Gasteiger partial charge in [-0.25, -0.2) is 4.98 Å². The number of alkyl halides is 3. The van der Waals surface area contributed by atoms with Crippen molar-refractivity contribution in [2.75, 3.05) is 24.2 Å². The SMILES string of the molecule is CNc1cc([N+](=O)[O-])cc(NCC(F)(F)F)n1. The fourth-order valence-electron chi connectivity index (χ4n) is 1.03. The molecule has 0 unspecified atom stereocenters. The lowest BCUT2D eigenvalue weighted by atomic mass is 10.3. The predicted molar refractivity (Wildman–Crippen MR) is 55.0 cm³/mol. The first kappa shape index (κ1) is 13.0. The topological polar surface area (TPSA) is 80.1 Å². The molecule has 0 fully saturated rings. The second kappa shape index (κ2) is 4.85. The van der Waals surface area contributed by atoms with Crippen LogP contribution in [-0.4, -0.2) is 29.7 Å². The number of nitrogens with zero attached hydrogens (tertiary/aromatic N) is 2. The second-order valence-corrected chi connectivity index (χ2v) is 3.07. The summed E-state index contributed by atoms with van der Waals surface area (Å²) in [6.07, 6.45) is -4.41. The summed E-state index contributed by atoms with van der Waals surface area (Å²) in [5.74, 6) is -0.0928. The maximum absolute atomic E-state index is 11.9. The van der Waals surface area contributed by atoms with E-state index in [-0.39, 0.29) is 17.3 Å². The van der Waals surface area contributed by atoms with Crippen molar-refractivity contribution in [1.82, 2.24) is 4.98 Å². The largest absolute Gasteiger partial charge is 0.405 e. The summed E-state index contributed by atoms with van der Waals surface area (Å²) in [4.78, 5) is 13.5. The maximum Gasteiger partial charge on any atom is 0.405 e. The van der Waals surface area contributed by atoms with E-state index in [4.69, 9.17) is 0 Å². The molecule has 0 aliphatic rings. The maximum atomic E-state index is 11.9. The Kier molecular flexibility index (Phi) is 3.71. The zero-order valence-corrected chi connectivity index (χ0v) is 8.71. The predicted octanol–water partition coefficient (Wildman–Crippen LogP) is 2.01. The van der Waals surface area contributed by atoms with Crippen LogP contribution in [0.3, 0.4) is 0 Å². The second-order valence-electron chi connectivity index (χ2n) is 3.07. The van der Waals surface area contributed by atoms with Crippen LogP contribution < -0.4 is 10.6 Å². The first-order chi connectivity index (χ1) is 7.81. The van der Waals surface area contributed by atoms with E-state index in [0.29, 0.717) is 0 Å². The fraction of sp³-hybridized carbons (Fsp3) is 0.375. The van der Waals surface area contributed by atoms with E-state index in [1.54, 1.807) is 0 Å². The fourth-order valence-corrected chi connectivity index (χ4v) is 1.03. The summed E-state index contributed by atoms with van der Waals surface area (Å²) in [6.45, 7) is -1.30. The van der Waals surface area contributed by atoms with E-state index in [9.17, 15) is 23.3 Å². The van der Waals surface area contributed by atoms with Gasteiger partial charge in [-0.1, -0.05) is 0 Å². The van der Waals surface area contributed by atoms with Crippen molar-refractivity contribution < 1.29 is 18.1 Å². The van der Waals surface area contributed by atoms with Gasteiger partial charge in [0.2, 0.25) is 0 Å². The number of hydrogen-bond acceptors (Lipinski definition) is 5. The summed E-state index contributed by atoms with van der Waals surface area (Å²) in [7, 11) is 1.46. The first-order valence-electron chi connectivity index (χ1n) is 4.46. The number of halogens is 3. The van der Waals surface area contributed by atoms with Gasteiger partial charge in [0.1, 0.15) is 18.2 Å². The quantitative estimate of drug-likeness (QED) is 0.631. The van der Waals surface area contributed by atoms with Gasteiger partial charge in [-0.05, 0) is 0 Å². The third kappa shape index (κ3) is 4.13. The van der Waals surface area contributed by atoms with Crippen LogP contribution in [0.4, 0.5) is 30.5 Å². The Bertz CT molecular complexity index is 422. The molecule has 0 spiro atoms. The van der Waals surface area contributed by atoms with Crippen molar-refractivity contribution in [3.63, 3.8) is 0 Å². The number of hydrogen-bond donors (Lipinski definition) is 2. The monoisotopic (exact) mass is 250 g/mol. The molecule has 0 aliphatic carbocycles. The third-order valence-electron chi connectivity index (χ3n) is 1.75. The molecule has 0 radical (unpaired) electrons. The first-order valence-corrected chi connectivity index (χ1v) is 4.46. The van der Waals surface area contributed by atoms with Crippen molar-refractivity contribution in [1.29, 1.82) is 0 Å². The van der Waals surface area contributed by atoms with Crippen LogP contribution in [0.5, 0.6) is 0 Å². The molecule has 0 saturated heterocycles. The third-order valence-corrected chi connectivity index (χ3v) is 1.75. The van der Waals surface area contributed by atoms with Crippen molar-refractivity contribution in [2.45, 2.75) is 6.18 Å². The Hall–Kier alpha value is -2.06. The van der Waals surface area contributed by atoms with Crippen molar-refractivity contribution >= 4 is 17.3 Å². The van der Waals surface area contributed by atoms with E-state index >= 15 is 0 Å². The number of nitro groups is 1. The molecule has 0 saturated carbocycles. The lowest BCUT2D eigenvalue weighted by Gasteiger charge is -2.09. The standard InChI is InChI=1S/C8H9F3N4O2/c1-12-6-2-5(15(16)17)3-7(14-6)13-4-8(9,10)11/h2-3H,4H2,1H3,(H2,12,13,14). The van der Waals surface area contributed by atoms with Crippen LogP contribution in [0.15, 0.2) is 12.1 Å². The molecule has 0 bridgehead atoms. The van der Waals surface area contributed by atoms with E-state index in [0.717, 1.165) is 12.1 Å². The average molecular weight is 250 g/mol. The van der Waals surface area contributed by atoms with Gasteiger partial charge in [0, 0.05) is 7.05 Å². The summed E-state index contributed by atoms with van der Waals surface area (Å²) in [5, 5.41) is 15.0. The lowest BCUT2D eigenvalue weighted by Crippen LogP contribution is -2.22. The highest BCUT2D eigenvalue weighted by Gasteiger charge is 2.27. The zero-order valence-electron chi connectivity index (χ0n) is 8.71. The minimum atomic E-state index is -4.41. The van der Waals surface area contributed by atoms with Gasteiger partial charge in [-0.2, -0.15) is 13.2 Å². The van der Waals surface area contributed by atoms with Gasteiger partial charge in [0.05, 0.1) is 17.1 Å². The molecule has 2 N–H and O–H groups in total. The molecule has 94 valence electrons. The van der Waals surface area contributed by atoms with Crippen LogP contribution in [-0.2, 0) is 0 Å². The van der Waals surface area contributed by atoms with Crippen LogP contribution in [0.1, 0.15) is 0 Å². The summed E-state index contributed by atoms with van der Waals surface area (Å²) in [6, 6.07) is 2.06. The highest BCUT2D eigenvalue weighted by molar-refractivity contribution is 5.54. The van der Waals surface area contributed by atoms with E-state index in [1.807, 2.05) is 5.32 Å². The number of nitrogens with one attached hydrogen (secondary N) is 2. The van der Waals surface area contributed by atoms with Crippen LogP contribution in [0, 0.1) is 10.1 Å². The summed E-state index contributed by atoms with van der Waals surface area (Å²) >= 11 is 0. The average Bonchev–Trinajstić information content (AvgIpc) is 2.25. The smallest absolute Gasteiger partial charge is 0.373 e. The molecule has 1 aromatic rings. The van der Waals surface area contributed by atoms with Gasteiger partial charge < -0.3 is 10.6 Å². The van der Waals surface area contributed by atoms with Crippen molar-refractivity contribution in [2.24, 2.45) is 0 Å². The molecule has 0 amide bonds. The van der Waals surface area contributed by atoms with E-state index in [2.05, 4.69) is 10.3 Å². The number of pyridine rings is 1. The summed E-state index contributed by atoms with van der Waals surface area (Å²) in [5.41, 5.74) is -0.339. The molecule has 17 heavy (non-hydrogen) atoms. The molecule has 0 atom stereocenters. The number of anilines is 2. The minimum absolute atomic E-state index is 0.115. The molecule has 9 heteroatoms. The van der Waals surface area contributed by atoms with Crippen molar-refractivity contribution in [3.8, 4) is 0 Å².